The van der Waals surface area contributed by atoms with Gasteiger partial charge < -0.3 is 14.8 Å². The van der Waals surface area contributed by atoms with E-state index in [1.807, 2.05) is 44.2 Å². The number of furan rings is 1. The van der Waals surface area contributed by atoms with Crippen molar-refractivity contribution in [1.82, 2.24) is 5.32 Å². The van der Waals surface area contributed by atoms with Crippen LogP contribution in [0.2, 0.25) is 0 Å². The maximum absolute atomic E-state index is 12.4. The molecule has 0 fully saturated rings. The summed E-state index contributed by atoms with van der Waals surface area (Å²) in [6, 6.07) is 9.42. The second-order valence-electron chi connectivity index (χ2n) is 5.92. The molecule has 1 unspecified atom stereocenters. The summed E-state index contributed by atoms with van der Waals surface area (Å²) in [7, 11) is 0. The maximum Gasteiger partial charge on any atom is 0.311 e. The molecule has 0 radical (unpaired) electrons. The lowest BCUT2D eigenvalue weighted by molar-refractivity contribution is -0.149. The number of hydrogen-bond acceptors (Lipinski definition) is 3. The highest BCUT2D eigenvalue weighted by molar-refractivity contribution is 5.86. The van der Waals surface area contributed by atoms with Crippen LogP contribution >= 0.6 is 0 Å². The molecule has 1 aromatic heterocycles. The Kier molecular flexibility index (Phi) is 5.08. The van der Waals surface area contributed by atoms with Crippen LogP contribution in [0.3, 0.4) is 0 Å². The molecule has 2 aromatic rings. The number of carboxylic acids is 1. The zero-order valence-electron chi connectivity index (χ0n) is 13.8. The van der Waals surface area contributed by atoms with E-state index in [-0.39, 0.29) is 12.5 Å². The minimum atomic E-state index is -0.913. The van der Waals surface area contributed by atoms with Crippen LogP contribution in [0, 0.1) is 5.41 Å². The molecule has 0 saturated heterocycles. The zero-order valence-corrected chi connectivity index (χ0v) is 13.8. The van der Waals surface area contributed by atoms with Crippen LogP contribution in [-0.2, 0) is 9.59 Å². The van der Waals surface area contributed by atoms with Crippen molar-refractivity contribution in [2.24, 2.45) is 5.41 Å². The van der Waals surface area contributed by atoms with Gasteiger partial charge in [0, 0.05) is 11.9 Å². The normalized spacial score (nSPS) is 13.0. The number of benzene rings is 1. The molecule has 23 heavy (non-hydrogen) atoms. The van der Waals surface area contributed by atoms with E-state index in [1.54, 1.807) is 6.92 Å². The highest BCUT2D eigenvalue weighted by Crippen LogP contribution is 2.27. The van der Waals surface area contributed by atoms with E-state index >= 15 is 0 Å². The van der Waals surface area contributed by atoms with E-state index in [4.69, 9.17) is 4.42 Å². The molecule has 1 aromatic carbocycles. The molecule has 2 N–H and O–H groups in total. The van der Waals surface area contributed by atoms with E-state index in [2.05, 4.69) is 5.32 Å². The average Bonchev–Trinajstić information content (AvgIpc) is 2.99. The summed E-state index contributed by atoms with van der Waals surface area (Å²) in [5, 5.41) is 13.1. The molecule has 0 saturated carbocycles. The first-order chi connectivity index (χ1) is 10.9. The van der Waals surface area contributed by atoms with Gasteiger partial charge in [-0.2, -0.15) is 0 Å². The van der Waals surface area contributed by atoms with Crippen molar-refractivity contribution in [3.05, 3.63) is 36.1 Å². The van der Waals surface area contributed by atoms with E-state index in [0.717, 1.165) is 11.0 Å². The van der Waals surface area contributed by atoms with Crippen LogP contribution in [0.5, 0.6) is 0 Å². The number of para-hydroxylation sites is 1. The Morgan fingerprint density at radius 3 is 2.48 bits per heavy atom. The fraction of sp³-hybridized carbons (Fsp3) is 0.444. The van der Waals surface area contributed by atoms with Gasteiger partial charge in [0.05, 0.1) is 11.3 Å². The Morgan fingerprint density at radius 2 is 1.91 bits per heavy atom. The second kappa shape index (κ2) is 6.86. The molecule has 0 aliphatic carbocycles. The lowest BCUT2D eigenvalue weighted by Gasteiger charge is -2.27. The highest BCUT2D eigenvalue weighted by Gasteiger charge is 2.35. The molecule has 0 aliphatic heterocycles. The smallest absolute Gasteiger partial charge is 0.311 e. The number of rotatable bonds is 7. The van der Waals surface area contributed by atoms with Crippen molar-refractivity contribution in [2.45, 2.75) is 39.5 Å². The average molecular weight is 317 g/mol. The summed E-state index contributed by atoms with van der Waals surface area (Å²) >= 11 is 0. The molecule has 2 rings (SSSR count). The Balaban J connectivity index is 2.09. The Morgan fingerprint density at radius 1 is 1.26 bits per heavy atom. The molecular formula is C18H23NO4. The second-order valence-corrected chi connectivity index (χ2v) is 5.92. The Bertz CT molecular complexity index is 667. The number of carboxylic acid groups (broad SMARTS) is 1. The topological polar surface area (TPSA) is 79.5 Å². The van der Waals surface area contributed by atoms with Crippen molar-refractivity contribution >= 4 is 22.8 Å². The van der Waals surface area contributed by atoms with Crippen LogP contribution in [0.1, 0.15) is 45.3 Å². The van der Waals surface area contributed by atoms with Crippen LogP contribution in [0.25, 0.3) is 11.0 Å². The van der Waals surface area contributed by atoms with Gasteiger partial charge in [0.15, 0.2) is 0 Å². The first-order valence-electron chi connectivity index (χ1n) is 7.93. The number of carbonyl (C=O) groups is 2. The third-order valence-electron chi connectivity index (χ3n) is 4.67. The molecule has 0 bridgehead atoms. The molecule has 0 aliphatic rings. The van der Waals surface area contributed by atoms with Crippen molar-refractivity contribution in [1.29, 1.82) is 0 Å². The molecular weight excluding hydrogens is 294 g/mol. The summed E-state index contributed by atoms with van der Waals surface area (Å²) in [6.45, 7) is 5.53. The van der Waals surface area contributed by atoms with Gasteiger partial charge in [0.1, 0.15) is 11.3 Å². The first-order valence-corrected chi connectivity index (χ1v) is 7.93. The lowest BCUT2D eigenvalue weighted by atomic mass is 9.82. The minimum absolute atomic E-state index is 0.124. The summed E-state index contributed by atoms with van der Waals surface area (Å²) in [5.41, 5.74) is -0.173. The van der Waals surface area contributed by atoms with Crippen LogP contribution < -0.4 is 5.32 Å². The molecule has 124 valence electrons. The summed E-state index contributed by atoms with van der Waals surface area (Å²) < 4.78 is 5.71. The van der Waals surface area contributed by atoms with Crippen LogP contribution in [-0.4, -0.2) is 23.5 Å². The van der Waals surface area contributed by atoms with Crippen molar-refractivity contribution in [3.8, 4) is 0 Å². The van der Waals surface area contributed by atoms with Crippen molar-refractivity contribution in [2.75, 3.05) is 6.54 Å². The van der Waals surface area contributed by atoms with Gasteiger partial charge in [-0.3, -0.25) is 9.59 Å². The van der Waals surface area contributed by atoms with E-state index < -0.39 is 17.3 Å². The van der Waals surface area contributed by atoms with E-state index in [9.17, 15) is 14.7 Å². The number of amides is 1. The minimum Gasteiger partial charge on any atom is -0.481 e. The SMILES string of the molecule is CCC(CC)(CNC(=O)C(C)c1cc2ccccc2o1)C(=O)O. The van der Waals surface area contributed by atoms with Gasteiger partial charge in [0.2, 0.25) is 5.91 Å². The highest BCUT2D eigenvalue weighted by atomic mass is 16.4. The third-order valence-corrected chi connectivity index (χ3v) is 4.67. The van der Waals surface area contributed by atoms with Crippen molar-refractivity contribution in [3.63, 3.8) is 0 Å². The van der Waals surface area contributed by atoms with Gasteiger partial charge >= 0.3 is 5.97 Å². The third kappa shape index (κ3) is 3.38. The van der Waals surface area contributed by atoms with Gasteiger partial charge in [-0.25, -0.2) is 0 Å². The summed E-state index contributed by atoms with van der Waals surface area (Å²) in [6.07, 6.45) is 0.941. The maximum atomic E-state index is 12.4. The van der Waals surface area contributed by atoms with Gasteiger partial charge in [0.25, 0.3) is 0 Å². The van der Waals surface area contributed by atoms with E-state index in [1.165, 1.54) is 0 Å². The van der Waals surface area contributed by atoms with Gasteiger partial charge in [-0.15, -0.1) is 0 Å². The standard InChI is InChI=1S/C18H23NO4/c1-4-18(5-2,17(21)22)11-19-16(20)12(3)15-10-13-8-6-7-9-14(13)23-15/h6-10,12H,4-5,11H2,1-3H3,(H,19,20)(H,21,22). The number of aliphatic carboxylic acids is 1. The zero-order chi connectivity index (χ0) is 17.0. The first kappa shape index (κ1) is 17.1. The monoisotopic (exact) mass is 317 g/mol. The number of fused-ring (bicyclic) bond motifs is 1. The largest absolute Gasteiger partial charge is 0.481 e. The molecule has 1 heterocycles. The number of hydrogen-bond donors (Lipinski definition) is 2. The Labute approximate surface area is 135 Å². The number of carbonyl (C=O) groups excluding carboxylic acids is 1. The molecule has 5 heteroatoms. The van der Waals surface area contributed by atoms with Gasteiger partial charge in [-0.1, -0.05) is 32.0 Å². The van der Waals surface area contributed by atoms with Crippen molar-refractivity contribution < 1.29 is 19.1 Å². The predicted octanol–water partition coefficient (Wildman–Crippen LogP) is 3.54. The Hall–Kier alpha value is -2.30. The summed E-state index contributed by atoms with van der Waals surface area (Å²) in [5.74, 6) is -0.990. The predicted molar refractivity (Wildman–Crippen MR) is 88.3 cm³/mol. The quantitative estimate of drug-likeness (QED) is 0.818. The van der Waals surface area contributed by atoms with E-state index in [0.29, 0.717) is 18.6 Å². The molecule has 0 spiro atoms. The molecule has 1 atom stereocenters. The number of nitrogens with one attached hydrogen (secondary N) is 1. The fourth-order valence-electron chi connectivity index (χ4n) is 2.63. The molecule has 5 nitrogen and oxygen atoms in total. The van der Waals surface area contributed by atoms with Gasteiger partial charge in [-0.05, 0) is 31.9 Å². The van der Waals surface area contributed by atoms with Crippen LogP contribution in [0.15, 0.2) is 34.7 Å². The van der Waals surface area contributed by atoms with Crippen LogP contribution in [0.4, 0.5) is 0 Å². The molecule has 1 amide bonds. The lowest BCUT2D eigenvalue weighted by Crippen LogP contribution is -2.43. The summed E-state index contributed by atoms with van der Waals surface area (Å²) in [4.78, 5) is 23.8. The fourth-order valence-corrected chi connectivity index (χ4v) is 2.63.